The molecular weight excluding hydrogens is 290 g/mol. The van der Waals surface area contributed by atoms with Gasteiger partial charge in [0, 0.05) is 29.0 Å². The second-order valence-corrected chi connectivity index (χ2v) is 4.97. The first-order valence-corrected chi connectivity index (χ1v) is 6.50. The van der Waals surface area contributed by atoms with Crippen molar-refractivity contribution in [1.29, 1.82) is 0 Å². The molecule has 90 valence electrons. The molecule has 0 atom stereocenters. The van der Waals surface area contributed by atoms with Gasteiger partial charge in [0.2, 0.25) is 0 Å². The molecule has 3 nitrogen and oxygen atoms in total. The molecule has 0 spiro atoms. The topological polar surface area (TPSA) is 43.3 Å². The van der Waals surface area contributed by atoms with Gasteiger partial charge in [0.25, 0.3) is 0 Å². The summed E-state index contributed by atoms with van der Waals surface area (Å²) in [5.74, 6) is 0. The lowest BCUT2D eigenvalue weighted by atomic mass is 10.2. The molecule has 3 aromatic rings. The highest BCUT2D eigenvalue weighted by Gasteiger charge is 2.07. The van der Waals surface area contributed by atoms with Gasteiger partial charge < -0.3 is 10.1 Å². The largest absolute Gasteiger partial charge is 0.326 e. The first-order chi connectivity index (χ1) is 8.78. The van der Waals surface area contributed by atoms with Crippen molar-refractivity contribution < 1.29 is 0 Å². The van der Waals surface area contributed by atoms with E-state index < -0.39 is 0 Å². The smallest absolute Gasteiger partial charge is 0.137 e. The Kier molecular flexibility index (Phi) is 2.89. The Morgan fingerprint density at radius 2 is 1.94 bits per heavy atom. The van der Waals surface area contributed by atoms with Crippen LogP contribution in [0.2, 0.25) is 0 Å². The van der Waals surface area contributed by atoms with E-state index in [0.29, 0.717) is 6.54 Å². The molecule has 0 aliphatic rings. The Labute approximate surface area is 113 Å². The predicted molar refractivity (Wildman–Crippen MR) is 76.2 cm³/mol. The highest BCUT2D eigenvalue weighted by molar-refractivity contribution is 9.10. The van der Waals surface area contributed by atoms with E-state index in [-0.39, 0.29) is 0 Å². The van der Waals surface area contributed by atoms with Crippen molar-refractivity contribution in [1.82, 2.24) is 9.38 Å². The van der Waals surface area contributed by atoms with Crippen molar-refractivity contribution in [2.24, 2.45) is 5.73 Å². The average molecular weight is 302 g/mol. The lowest BCUT2D eigenvalue weighted by Gasteiger charge is -1.98. The Morgan fingerprint density at radius 3 is 2.72 bits per heavy atom. The van der Waals surface area contributed by atoms with Crippen molar-refractivity contribution in [2.75, 3.05) is 0 Å². The number of hydrogen-bond donors (Lipinski definition) is 1. The first-order valence-electron chi connectivity index (χ1n) is 5.70. The number of halogens is 1. The second-order valence-electron chi connectivity index (χ2n) is 4.11. The summed E-state index contributed by atoms with van der Waals surface area (Å²) in [5.41, 5.74) is 9.71. The van der Waals surface area contributed by atoms with E-state index in [1.807, 2.05) is 47.1 Å². The van der Waals surface area contributed by atoms with Gasteiger partial charge in [-0.25, -0.2) is 4.98 Å². The summed E-state index contributed by atoms with van der Waals surface area (Å²) in [4.78, 5) is 4.61. The Hall–Kier alpha value is -1.65. The van der Waals surface area contributed by atoms with E-state index >= 15 is 0 Å². The van der Waals surface area contributed by atoms with E-state index in [4.69, 9.17) is 5.73 Å². The molecular formula is C14H12BrN3. The van der Waals surface area contributed by atoms with Crippen molar-refractivity contribution in [3.8, 4) is 11.3 Å². The maximum absolute atomic E-state index is 5.64. The fourth-order valence-corrected chi connectivity index (χ4v) is 2.45. The lowest BCUT2D eigenvalue weighted by molar-refractivity contribution is 1.03. The van der Waals surface area contributed by atoms with Crippen LogP contribution >= 0.6 is 15.9 Å². The molecule has 0 saturated carbocycles. The van der Waals surface area contributed by atoms with Crippen molar-refractivity contribution in [3.63, 3.8) is 0 Å². The van der Waals surface area contributed by atoms with Crippen LogP contribution in [0.3, 0.4) is 0 Å². The average Bonchev–Trinajstić information content (AvgIpc) is 2.81. The minimum atomic E-state index is 0.540. The minimum absolute atomic E-state index is 0.540. The molecule has 0 bridgehead atoms. The van der Waals surface area contributed by atoms with Crippen LogP contribution in [-0.2, 0) is 6.54 Å². The van der Waals surface area contributed by atoms with Gasteiger partial charge in [-0.15, -0.1) is 0 Å². The molecule has 0 aliphatic carbocycles. The molecule has 18 heavy (non-hydrogen) atoms. The first kappa shape index (κ1) is 11.4. The quantitative estimate of drug-likeness (QED) is 0.790. The van der Waals surface area contributed by atoms with Crippen molar-refractivity contribution >= 4 is 21.6 Å². The third-order valence-corrected chi connectivity index (χ3v) is 3.59. The van der Waals surface area contributed by atoms with Gasteiger partial charge in [-0.05, 0) is 17.7 Å². The van der Waals surface area contributed by atoms with E-state index in [9.17, 15) is 0 Å². The van der Waals surface area contributed by atoms with E-state index in [2.05, 4.69) is 27.0 Å². The third-order valence-electron chi connectivity index (χ3n) is 2.90. The van der Waals surface area contributed by atoms with Gasteiger partial charge in [-0.1, -0.05) is 40.2 Å². The SMILES string of the molecule is NCc1ccc2nc(-c3ccccc3Br)cn2c1. The highest BCUT2D eigenvalue weighted by atomic mass is 79.9. The number of aromatic nitrogens is 2. The van der Waals surface area contributed by atoms with E-state index in [0.717, 1.165) is 26.9 Å². The molecule has 4 heteroatoms. The summed E-state index contributed by atoms with van der Waals surface area (Å²) in [6.45, 7) is 0.540. The third kappa shape index (κ3) is 1.94. The Balaban J connectivity index is 2.17. The number of imidazole rings is 1. The fourth-order valence-electron chi connectivity index (χ4n) is 1.96. The molecule has 2 N–H and O–H groups in total. The zero-order chi connectivity index (χ0) is 12.5. The van der Waals surface area contributed by atoms with Crippen LogP contribution in [0.4, 0.5) is 0 Å². The number of rotatable bonds is 2. The van der Waals surface area contributed by atoms with Crippen LogP contribution in [0, 0.1) is 0 Å². The van der Waals surface area contributed by atoms with Gasteiger partial charge in [0.1, 0.15) is 5.65 Å². The number of fused-ring (bicyclic) bond motifs is 1. The monoisotopic (exact) mass is 301 g/mol. The van der Waals surface area contributed by atoms with Gasteiger partial charge in [-0.3, -0.25) is 0 Å². The number of hydrogen-bond acceptors (Lipinski definition) is 2. The van der Waals surface area contributed by atoms with E-state index in [1.54, 1.807) is 0 Å². The number of nitrogens with two attached hydrogens (primary N) is 1. The summed E-state index contributed by atoms with van der Waals surface area (Å²) < 4.78 is 3.06. The lowest BCUT2D eigenvalue weighted by Crippen LogP contribution is -1.97. The van der Waals surface area contributed by atoms with Crippen LogP contribution in [-0.4, -0.2) is 9.38 Å². The van der Waals surface area contributed by atoms with Crippen LogP contribution in [0.25, 0.3) is 16.9 Å². The van der Waals surface area contributed by atoms with Crippen LogP contribution < -0.4 is 5.73 Å². The summed E-state index contributed by atoms with van der Waals surface area (Å²) in [6, 6.07) is 12.1. The summed E-state index contributed by atoms with van der Waals surface area (Å²) >= 11 is 3.55. The van der Waals surface area contributed by atoms with Crippen molar-refractivity contribution in [3.05, 3.63) is 58.8 Å². The molecule has 0 radical (unpaired) electrons. The fraction of sp³-hybridized carbons (Fsp3) is 0.0714. The Morgan fingerprint density at radius 1 is 1.11 bits per heavy atom. The van der Waals surface area contributed by atoms with Crippen LogP contribution in [0.5, 0.6) is 0 Å². The molecule has 2 heterocycles. The normalized spacial score (nSPS) is 11.0. The maximum atomic E-state index is 5.64. The van der Waals surface area contributed by atoms with Crippen LogP contribution in [0.15, 0.2) is 53.3 Å². The molecule has 0 fully saturated rings. The van der Waals surface area contributed by atoms with Gasteiger partial charge in [0.15, 0.2) is 0 Å². The van der Waals surface area contributed by atoms with E-state index in [1.165, 1.54) is 0 Å². The summed E-state index contributed by atoms with van der Waals surface area (Å²) in [6.07, 6.45) is 4.04. The minimum Gasteiger partial charge on any atom is -0.326 e. The standard InChI is InChI=1S/C14H12BrN3/c15-12-4-2-1-3-11(12)13-9-18-8-10(7-16)5-6-14(18)17-13/h1-6,8-9H,7,16H2. The molecule has 0 unspecified atom stereocenters. The van der Waals surface area contributed by atoms with Gasteiger partial charge in [0.05, 0.1) is 5.69 Å². The molecule has 2 aromatic heterocycles. The zero-order valence-electron chi connectivity index (χ0n) is 9.68. The zero-order valence-corrected chi connectivity index (χ0v) is 11.3. The number of benzene rings is 1. The highest BCUT2D eigenvalue weighted by Crippen LogP contribution is 2.27. The number of pyridine rings is 1. The van der Waals surface area contributed by atoms with Gasteiger partial charge >= 0.3 is 0 Å². The molecule has 0 amide bonds. The molecule has 3 rings (SSSR count). The summed E-state index contributed by atoms with van der Waals surface area (Å²) in [7, 11) is 0. The predicted octanol–water partition coefficient (Wildman–Crippen LogP) is 3.22. The molecule has 0 aliphatic heterocycles. The molecule has 0 saturated heterocycles. The maximum Gasteiger partial charge on any atom is 0.137 e. The molecule has 1 aromatic carbocycles. The van der Waals surface area contributed by atoms with Gasteiger partial charge in [-0.2, -0.15) is 0 Å². The summed E-state index contributed by atoms with van der Waals surface area (Å²) in [5, 5.41) is 0. The van der Waals surface area contributed by atoms with Crippen molar-refractivity contribution in [2.45, 2.75) is 6.54 Å². The second kappa shape index (κ2) is 4.55. The Bertz CT molecular complexity index is 703. The van der Waals surface area contributed by atoms with Crippen LogP contribution in [0.1, 0.15) is 5.56 Å². The number of nitrogens with zero attached hydrogens (tertiary/aromatic N) is 2.